The average molecular weight is 295 g/mol. The van der Waals surface area contributed by atoms with E-state index in [0.717, 1.165) is 24.6 Å². The number of rotatable bonds is 8. The van der Waals surface area contributed by atoms with Crippen LogP contribution in [-0.2, 0) is 0 Å². The predicted octanol–water partition coefficient (Wildman–Crippen LogP) is 3.34. The van der Waals surface area contributed by atoms with Crippen molar-refractivity contribution < 1.29 is 9.47 Å². The van der Waals surface area contributed by atoms with Crippen molar-refractivity contribution in [2.24, 2.45) is 0 Å². The molecule has 0 saturated heterocycles. The minimum absolute atomic E-state index is 0.463. The van der Waals surface area contributed by atoms with E-state index < -0.39 is 0 Å². The molecule has 1 aromatic carbocycles. The summed E-state index contributed by atoms with van der Waals surface area (Å²) in [6.45, 7) is 2.63. The molecule has 112 valence electrons. The van der Waals surface area contributed by atoms with Gasteiger partial charge in [0.2, 0.25) is 0 Å². The van der Waals surface area contributed by atoms with Gasteiger partial charge in [-0.25, -0.2) is 0 Å². The predicted molar refractivity (Wildman–Crippen MR) is 86.1 cm³/mol. The monoisotopic (exact) mass is 295 g/mol. The molecule has 0 atom stereocenters. The van der Waals surface area contributed by atoms with Crippen molar-refractivity contribution in [3.8, 4) is 11.5 Å². The Morgan fingerprint density at radius 2 is 1.90 bits per heavy atom. The zero-order valence-electron chi connectivity index (χ0n) is 12.5. The number of nitrogens with one attached hydrogen (secondary N) is 1. The summed E-state index contributed by atoms with van der Waals surface area (Å²) in [7, 11) is 1.67. The summed E-state index contributed by atoms with van der Waals surface area (Å²) in [6, 6.07) is 7.78. The molecular formula is C16H25NO2S. The molecule has 0 unspecified atom stereocenters. The second kappa shape index (κ2) is 7.79. The maximum atomic E-state index is 5.77. The molecule has 1 aliphatic carbocycles. The van der Waals surface area contributed by atoms with Gasteiger partial charge in [-0.05, 0) is 31.2 Å². The number of hydrogen-bond donors (Lipinski definition) is 1. The Kier molecular flexibility index (Phi) is 6.05. The first kappa shape index (κ1) is 15.5. The highest BCUT2D eigenvalue weighted by Gasteiger charge is 2.32. The second-order valence-electron chi connectivity index (χ2n) is 5.27. The summed E-state index contributed by atoms with van der Waals surface area (Å²) in [5.41, 5.74) is 0. The third-order valence-electron chi connectivity index (χ3n) is 4.00. The molecule has 1 aromatic rings. The van der Waals surface area contributed by atoms with Gasteiger partial charge in [-0.15, -0.1) is 0 Å². The molecule has 0 aromatic heterocycles. The largest absolute Gasteiger partial charge is 0.493 e. The third kappa shape index (κ3) is 4.06. The van der Waals surface area contributed by atoms with Crippen molar-refractivity contribution in [3.05, 3.63) is 24.3 Å². The van der Waals surface area contributed by atoms with Crippen LogP contribution in [0.5, 0.6) is 11.5 Å². The average Bonchev–Trinajstić information content (AvgIpc) is 2.97. The van der Waals surface area contributed by atoms with Gasteiger partial charge >= 0.3 is 0 Å². The molecule has 0 heterocycles. The van der Waals surface area contributed by atoms with E-state index in [1.54, 1.807) is 7.11 Å². The molecule has 2 rings (SSSR count). The quantitative estimate of drug-likeness (QED) is 0.745. The van der Waals surface area contributed by atoms with Crippen LogP contribution < -0.4 is 14.8 Å². The minimum Gasteiger partial charge on any atom is -0.493 e. The van der Waals surface area contributed by atoms with Crippen LogP contribution in [-0.4, -0.2) is 37.8 Å². The molecular weight excluding hydrogens is 270 g/mol. The first-order chi connectivity index (χ1) is 9.79. The summed E-state index contributed by atoms with van der Waals surface area (Å²) in [6.07, 6.45) is 7.67. The summed E-state index contributed by atoms with van der Waals surface area (Å²) in [5.74, 6) is 1.61. The highest BCUT2D eigenvalue weighted by atomic mass is 32.2. The zero-order valence-corrected chi connectivity index (χ0v) is 13.3. The van der Waals surface area contributed by atoms with Crippen LogP contribution in [0.1, 0.15) is 25.7 Å². The molecule has 20 heavy (non-hydrogen) atoms. The first-order valence-electron chi connectivity index (χ1n) is 7.31. The van der Waals surface area contributed by atoms with Crippen molar-refractivity contribution in [3.63, 3.8) is 0 Å². The first-order valence-corrected chi connectivity index (χ1v) is 8.54. The molecule has 1 saturated carbocycles. The van der Waals surface area contributed by atoms with Crippen LogP contribution in [0.2, 0.25) is 0 Å². The SMILES string of the molecule is COc1ccccc1OCCNCC1(SC)CCCC1. The van der Waals surface area contributed by atoms with Gasteiger partial charge in [0.15, 0.2) is 11.5 Å². The number of ether oxygens (including phenoxy) is 2. The van der Waals surface area contributed by atoms with Gasteiger partial charge in [-0.3, -0.25) is 0 Å². The summed E-state index contributed by atoms with van der Waals surface area (Å²) >= 11 is 2.02. The van der Waals surface area contributed by atoms with Crippen LogP contribution in [0.4, 0.5) is 0 Å². The molecule has 3 nitrogen and oxygen atoms in total. The maximum Gasteiger partial charge on any atom is 0.161 e. The summed E-state index contributed by atoms with van der Waals surface area (Å²) in [4.78, 5) is 0. The number of methoxy groups -OCH3 is 1. The van der Waals surface area contributed by atoms with E-state index in [2.05, 4.69) is 11.6 Å². The fourth-order valence-electron chi connectivity index (χ4n) is 2.76. The van der Waals surface area contributed by atoms with Crippen LogP contribution in [0.15, 0.2) is 24.3 Å². The molecule has 1 N–H and O–H groups in total. The zero-order chi connectivity index (χ0) is 14.3. The van der Waals surface area contributed by atoms with E-state index >= 15 is 0 Å². The van der Waals surface area contributed by atoms with Gasteiger partial charge in [0.25, 0.3) is 0 Å². The van der Waals surface area contributed by atoms with Crippen LogP contribution in [0, 0.1) is 0 Å². The van der Waals surface area contributed by atoms with Crippen LogP contribution in [0.25, 0.3) is 0 Å². The Morgan fingerprint density at radius 3 is 2.55 bits per heavy atom. The van der Waals surface area contributed by atoms with Crippen molar-refractivity contribution in [2.75, 3.05) is 33.1 Å². The van der Waals surface area contributed by atoms with Gasteiger partial charge in [-0.2, -0.15) is 11.8 Å². The molecule has 0 aliphatic heterocycles. The Bertz CT molecular complexity index is 405. The van der Waals surface area contributed by atoms with Gasteiger partial charge in [0, 0.05) is 17.8 Å². The van der Waals surface area contributed by atoms with Crippen LogP contribution in [0.3, 0.4) is 0 Å². The second-order valence-corrected chi connectivity index (χ2v) is 6.54. The Labute approximate surface area is 126 Å². The molecule has 4 heteroatoms. The Morgan fingerprint density at radius 1 is 1.20 bits per heavy atom. The van der Waals surface area contributed by atoms with E-state index in [1.807, 2.05) is 36.0 Å². The van der Waals surface area contributed by atoms with Crippen molar-refractivity contribution in [2.45, 2.75) is 30.4 Å². The lowest BCUT2D eigenvalue weighted by molar-refractivity contribution is 0.290. The van der Waals surface area contributed by atoms with E-state index in [1.165, 1.54) is 25.7 Å². The number of thioether (sulfide) groups is 1. The number of hydrogen-bond acceptors (Lipinski definition) is 4. The molecule has 1 fully saturated rings. The Balaban J connectivity index is 1.69. The molecule has 1 aliphatic rings. The van der Waals surface area contributed by atoms with E-state index in [9.17, 15) is 0 Å². The fourth-order valence-corrected chi connectivity index (χ4v) is 3.70. The van der Waals surface area contributed by atoms with Gasteiger partial charge in [0.1, 0.15) is 6.61 Å². The lowest BCUT2D eigenvalue weighted by Gasteiger charge is -2.27. The molecule has 0 radical (unpaired) electrons. The van der Waals surface area contributed by atoms with Crippen LogP contribution >= 0.6 is 11.8 Å². The normalized spacial score (nSPS) is 17.1. The van der Waals surface area contributed by atoms with E-state index in [-0.39, 0.29) is 0 Å². The van der Waals surface area contributed by atoms with Crippen molar-refractivity contribution in [1.82, 2.24) is 5.32 Å². The Hall–Kier alpha value is -0.870. The van der Waals surface area contributed by atoms with Gasteiger partial charge in [0.05, 0.1) is 7.11 Å². The van der Waals surface area contributed by atoms with E-state index in [0.29, 0.717) is 11.4 Å². The molecule has 0 amide bonds. The minimum atomic E-state index is 0.463. The summed E-state index contributed by atoms with van der Waals surface area (Å²) < 4.78 is 11.5. The lowest BCUT2D eigenvalue weighted by atomic mass is 10.1. The topological polar surface area (TPSA) is 30.5 Å². The number of para-hydroxylation sites is 2. The summed E-state index contributed by atoms with van der Waals surface area (Å²) in [5, 5.41) is 3.54. The highest BCUT2D eigenvalue weighted by Crippen LogP contribution is 2.39. The lowest BCUT2D eigenvalue weighted by Crippen LogP contribution is -2.36. The van der Waals surface area contributed by atoms with Gasteiger partial charge in [-0.1, -0.05) is 25.0 Å². The highest BCUT2D eigenvalue weighted by molar-refractivity contribution is 8.00. The van der Waals surface area contributed by atoms with Gasteiger partial charge < -0.3 is 14.8 Å². The third-order valence-corrected chi connectivity index (χ3v) is 5.42. The van der Waals surface area contributed by atoms with Crippen molar-refractivity contribution in [1.29, 1.82) is 0 Å². The van der Waals surface area contributed by atoms with E-state index in [4.69, 9.17) is 9.47 Å². The maximum absolute atomic E-state index is 5.77. The standard InChI is InChI=1S/C16H25NO2S/c1-18-14-7-3-4-8-15(14)19-12-11-17-13-16(20-2)9-5-6-10-16/h3-4,7-8,17H,5-6,9-13H2,1-2H3. The molecule has 0 spiro atoms. The van der Waals surface area contributed by atoms with Crippen molar-refractivity contribution >= 4 is 11.8 Å². The molecule has 0 bridgehead atoms. The fraction of sp³-hybridized carbons (Fsp3) is 0.625. The number of benzene rings is 1. The smallest absolute Gasteiger partial charge is 0.161 e.